The topological polar surface area (TPSA) is 27.1 Å². The Morgan fingerprint density at radius 3 is 2.62 bits per heavy atom. The van der Waals surface area contributed by atoms with E-state index in [1.54, 1.807) is 0 Å². The molecule has 0 unspecified atom stereocenters. The van der Waals surface area contributed by atoms with Crippen LogP contribution in [0.5, 0.6) is 5.75 Å². The molecule has 1 fully saturated rings. The molecule has 0 amide bonds. The SMILES string of the molecule is Clc1ccccc1OCc1nc2ccccc2n1CCC1CCCCC1. The van der Waals surface area contributed by atoms with Crippen LogP contribution in [-0.4, -0.2) is 9.55 Å². The van der Waals surface area contributed by atoms with Crippen LogP contribution in [0.15, 0.2) is 48.5 Å². The third-order valence-electron chi connectivity index (χ3n) is 5.41. The average Bonchev–Trinajstić information content (AvgIpc) is 3.04. The minimum atomic E-state index is 0.434. The fourth-order valence-corrected chi connectivity index (χ4v) is 4.17. The summed E-state index contributed by atoms with van der Waals surface area (Å²) in [7, 11) is 0. The van der Waals surface area contributed by atoms with Crippen LogP contribution in [0.3, 0.4) is 0 Å². The monoisotopic (exact) mass is 368 g/mol. The van der Waals surface area contributed by atoms with Crippen LogP contribution in [0, 0.1) is 5.92 Å². The maximum absolute atomic E-state index is 6.22. The van der Waals surface area contributed by atoms with Crippen LogP contribution in [0.4, 0.5) is 0 Å². The average molecular weight is 369 g/mol. The van der Waals surface area contributed by atoms with Crippen LogP contribution < -0.4 is 4.74 Å². The first-order valence-electron chi connectivity index (χ1n) is 9.63. The molecule has 0 atom stereocenters. The third-order valence-corrected chi connectivity index (χ3v) is 5.72. The van der Waals surface area contributed by atoms with Gasteiger partial charge in [0.05, 0.1) is 16.1 Å². The Kier molecular flexibility index (Phi) is 5.45. The van der Waals surface area contributed by atoms with Crippen molar-refractivity contribution in [1.29, 1.82) is 0 Å². The highest BCUT2D eigenvalue weighted by atomic mass is 35.5. The summed E-state index contributed by atoms with van der Waals surface area (Å²) in [6, 6.07) is 16.0. The summed E-state index contributed by atoms with van der Waals surface area (Å²) in [6.45, 7) is 1.44. The van der Waals surface area contributed by atoms with Gasteiger partial charge in [0.2, 0.25) is 0 Å². The van der Waals surface area contributed by atoms with E-state index in [0.717, 1.165) is 23.8 Å². The second kappa shape index (κ2) is 8.13. The summed E-state index contributed by atoms with van der Waals surface area (Å²) in [5.74, 6) is 2.53. The molecule has 1 aliphatic rings. The predicted molar refractivity (Wildman–Crippen MR) is 107 cm³/mol. The Hall–Kier alpha value is -2.00. The van der Waals surface area contributed by atoms with Gasteiger partial charge in [0.15, 0.2) is 0 Å². The fourth-order valence-electron chi connectivity index (χ4n) is 3.98. The zero-order valence-corrected chi connectivity index (χ0v) is 15.8. The van der Waals surface area contributed by atoms with E-state index in [1.807, 2.05) is 30.3 Å². The molecule has 2 aromatic carbocycles. The standard InChI is InChI=1S/C22H25ClN2O/c23-18-10-4-7-13-21(18)26-16-22-24-19-11-5-6-12-20(19)25(22)15-14-17-8-2-1-3-9-17/h4-7,10-13,17H,1-3,8-9,14-16H2. The van der Waals surface area contributed by atoms with Gasteiger partial charge in [-0.3, -0.25) is 0 Å². The molecule has 3 aromatic rings. The molecule has 0 bridgehead atoms. The Balaban J connectivity index is 1.54. The lowest BCUT2D eigenvalue weighted by Gasteiger charge is -2.22. The van der Waals surface area contributed by atoms with Gasteiger partial charge < -0.3 is 9.30 Å². The Morgan fingerprint density at radius 2 is 1.77 bits per heavy atom. The summed E-state index contributed by atoms with van der Waals surface area (Å²) >= 11 is 6.22. The first-order valence-corrected chi connectivity index (χ1v) is 10.0. The van der Waals surface area contributed by atoms with Crippen molar-refractivity contribution in [3.8, 4) is 5.75 Å². The zero-order chi connectivity index (χ0) is 17.8. The van der Waals surface area contributed by atoms with Crippen LogP contribution in [0.1, 0.15) is 44.3 Å². The molecule has 4 heteroatoms. The number of nitrogens with zero attached hydrogens (tertiary/aromatic N) is 2. The molecule has 136 valence electrons. The van der Waals surface area contributed by atoms with Gasteiger partial charge in [-0.2, -0.15) is 0 Å². The van der Waals surface area contributed by atoms with Gasteiger partial charge in [0, 0.05) is 6.54 Å². The first-order chi connectivity index (χ1) is 12.8. The summed E-state index contributed by atoms with van der Waals surface area (Å²) in [5.41, 5.74) is 2.23. The fraction of sp³-hybridized carbons (Fsp3) is 0.409. The van der Waals surface area contributed by atoms with Gasteiger partial charge in [0.25, 0.3) is 0 Å². The highest BCUT2D eigenvalue weighted by Crippen LogP contribution is 2.28. The third kappa shape index (κ3) is 3.88. The molecule has 0 radical (unpaired) electrons. The number of imidazole rings is 1. The maximum Gasteiger partial charge on any atom is 0.147 e. The number of aromatic nitrogens is 2. The van der Waals surface area contributed by atoms with Crippen molar-refractivity contribution in [2.24, 2.45) is 5.92 Å². The van der Waals surface area contributed by atoms with Crippen molar-refractivity contribution in [2.75, 3.05) is 0 Å². The van der Waals surface area contributed by atoms with E-state index in [1.165, 1.54) is 44.0 Å². The Morgan fingerprint density at radius 1 is 1.00 bits per heavy atom. The van der Waals surface area contributed by atoms with Crippen molar-refractivity contribution in [2.45, 2.75) is 51.7 Å². The minimum absolute atomic E-state index is 0.434. The Labute approximate surface area is 160 Å². The zero-order valence-electron chi connectivity index (χ0n) is 15.0. The molecule has 26 heavy (non-hydrogen) atoms. The summed E-state index contributed by atoms with van der Waals surface area (Å²) in [5, 5.41) is 0.636. The lowest BCUT2D eigenvalue weighted by atomic mass is 9.87. The normalized spacial score (nSPS) is 15.4. The van der Waals surface area contributed by atoms with Gasteiger partial charge in [-0.15, -0.1) is 0 Å². The van der Waals surface area contributed by atoms with E-state index in [2.05, 4.69) is 22.8 Å². The number of benzene rings is 2. The number of hydrogen-bond donors (Lipinski definition) is 0. The number of para-hydroxylation sites is 3. The minimum Gasteiger partial charge on any atom is -0.484 e. The van der Waals surface area contributed by atoms with E-state index >= 15 is 0 Å². The number of halogens is 1. The molecule has 0 saturated heterocycles. The van der Waals surface area contributed by atoms with Crippen molar-refractivity contribution < 1.29 is 4.74 Å². The van der Waals surface area contributed by atoms with E-state index in [9.17, 15) is 0 Å². The summed E-state index contributed by atoms with van der Waals surface area (Å²) in [6.07, 6.45) is 8.15. The van der Waals surface area contributed by atoms with E-state index in [0.29, 0.717) is 17.4 Å². The van der Waals surface area contributed by atoms with Gasteiger partial charge in [-0.25, -0.2) is 4.98 Å². The lowest BCUT2D eigenvalue weighted by Crippen LogP contribution is -2.13. The highest BCUT2D eigenvalue weighted by Gasteiger charge is 2.16. The van der Waals surface area contributed by atoms with Crippen LogP contribution >= 0.6 is 11.6 Å². The molecular weight excluding hydrogens is 344 g/mol. The van der Waals surface area contributed by atoms with Gasteiger partial charge >= 0.3 is 0 Å². The molecular formula is C22H25ClN2O. The van der Waals surface area contributed by atoms with Crippen molar-refractivity contribution in [3.05, 3.63) is 59.4 Å². The smallest absolute Gasteiger partial charge is 0.147 e. The molecule has 1 aromatic heterocycles. The molecule has 1 saturated carbocycles. The summed E-state index contributed by atoms with van der Waals surface area (Å²) in [4.78, 5) is 4.82. The second-order valence-corrected chi connectivity index (χ2v) is 7.59. The van der Waals surface area contributed by atoms with E-state index < -0.39 is 0 Å². The summed E-state index contributed by atoms with van der Waals surface area (Å²) < 4.78 is 8.30. The number of ether oxygens (including phenoxy) is 1. The van der Waals surface area contributed by atoms with Crippen molar-refractivity contribution >= 4 is 22.6 Å². The van der Waals surface area contributed by atoms with E-state index in [4.69, 9.17) is 21.3 Å². The van der Waals surface area contributed by atoms with Crippen LogP contribution in [-0.2, 0) is 13.2 Å². The van der Waals surface area contributed by atoms with E-state index in [-0.39, 0.29) is 0 Å². The Bertz CT molecular complexity index is 867. The predicted octanol–water partition coefficient (Wildman–Crippen LogP) is 6.24. The van der Waals surface area contributed by atoms with Crippen LogP contribution in [0.25, 0.3) is 11.0 Å². The molecule has 1 heterocycles. The number of aryl methyl sites for hydroxylation is 1. The highest BCUT2D eigenvalue weighted by molar-refractivity contribution is 6.32. The number of rotatable bonds is 6. The quantitative estimate of drug-likeness (QED) is 0.515. The number of hydrogen-bond acceptors (Lipinski definition) is 2. The van der Waals surface area contributed by atoms with Gasteiger partial charge in [-0.1, -0.05) is 68.0 Å². The molecule has 0 spiro atoms. The lowest BCUT2D eigenvalue weighted by molar-refractivity contribution is 0.283. The maximum atomic E-state index is 6.22. The molecule has 0 aliphatic heterocycles. The number of fused-ring (bicyclic) bond motifs is 1. The largest absolute Gasteiger partial charge is 0.484 e. The molecule has 0 N–H and O–H groups in total. The van der Waals surface area contributed by atoms with Gasteiger partial charge in [0.1, 0.15) is 18.2 Å². The van der Waals surface area contributed by atoms with Crippen molar-refractivity contribution in [3.63, 3.8) is 0 Å². The second-order valence-electron chi connectivity index (χ2n) is 7.18. The molecule has 4 rings (SSSR count). The van der Waals surface area contributed by atoms with Gasteiger partial charge in [-0.05, 0) is 36.6 Å². The first kappa shape index (κ1) is 17.4. The van der Waals surface area contributed by atoms with Crippen LogP contribution in [0.2, 0.25) is 5.02 Å². The molecule has 3 nitrogen and oxygen atoms in total. The van der Waals surface area contributed by atoms with Crippen molar-refractivity contribution in [1.82, 2.24) is 9.55 Å². The molecule has 1 aliphatic carbocycles.